The Morgan fingerprint density at radius 2 is 2.05 bits per heavy atom. The molecule has 1 aromatic rings. The lowest BCUT2D eigenvalue weighted by molar-refractivity contribution is 0.639. The molecule has 2 rings (SSSR count). The molecule has 19 heavy (non-hydrogen) atoms. The fourth-order valence-corrected chi connectivity index (χ4v) is 3.25. The van der Waals surface area contributed by atoms with E-state index in [0.717, 1.165) is 19.1 Å². The van der Waals surface area contributed by atoms with Gasteiger partial charge in [-0.2, -0.15) is 0 Å². The molecule has 2 nitrogen and oxygen atoms in total. The van der Waals surface area contributed by atoms with E-state index in [2.05, 4.69) is 58.3 Å². The Morgan fingerprint density at radius 3 is 2.74 bits per heavy atom. The summed E-state index contributed by atoms with van der Waals surface area (Å²) in [6.45, 7) is 4.26. The van der Waals surface area contributed by atoms with Gasteiger partial charge in [-0.25, -0.2) is 0 Å². The van der Waals surface area contributed by atoms with Crippen LogP contribution in [-0.2, 0) is 6.54 Å². The van der Waals surface area contributed by atoms with Crippen LogP contribution in [0.5, 0.6) is 0 Å². The summed E-state index contributed by atoms with van der Waals surface area (Å²) in [6.07, 6.45) is 6.62. The average Bonchev–Trinajstić information content (AvgIpc) is 2.94. The second-order valence-electron chi connectivity index (χ2n) is 5.50. The lowest BCUT2D eigenvalue weighted by atomic mass is 10.1. The SMILES string of the molecule is CCCNCc1ccc(Br)cc1N(C)C1CCCC1. The standard InChI is InChI=1S/C16H25BrN2/c1-3-10-18-12-13-8-9-14(17)11-16(13)19(2)15-6-4-5-7-15/h8-9,11,15,18H,3-7,10,12H2,1-2H3. The van der Waals surface area contributed by atoms with Crippen molar-refractivity contribution in [2.24, 2.45) is 0 Å². The predicted molar refractivity (Wildman–Crippen MR) is 86.8 cm³/mol. The van der Waals surface area contributed by atoms with E-state index in [0.29, 0.717) is 0 Å². The summed E-state index contributed by atoms with van der Waals surface area (Å²) < 4.78 is 1.17. The van der Waals surface area contributed by atoms with E-state index < -0.39 is 0 Å². The van der Waals surface area contributed by atoms with E-state index >= 15 is 0 Å². The first kappa shape index (κ1) is 14.9. The molecule has 0 bridgehead atoms. The molecule has 0 spiro atoms. The number of rotatable bonds is 6. The van der Waals surface area contributed by atoms with E-state index in [4.69, 9.17) is 0 Å². The van der Waals surface area contributed by atoms with Gasteiger partial charge in [-0.05, 0) is 43.5 Å². The zero-order valence-electron chi connectivity index (χ0n) is 12.1. The molecular formula is C16H25BrN2. The van der Waals surface area contributed by atoms with Crippen LogP contribution >= 0.6 is 15.9 Å². The first-order valence-electron chi connectivity index (χ1n) is 7.44. The van der Waals surface area contributed by atoms with E-state index in [-0.39, 0.29) is 0 Å². The van der Waals surface area contributed by atoms with Gasteiger partial charge in [-0.15, -0.1) is 0 Å². The van der Waals surface area contributed by atoms with Gasteiger partial charge in [0.05, 0.1) is 0 Å². The van der Waals surface area contributed by atoms with Crippen LogP contribution in [0.4, 0.5) is 5.69 Å². The lowest BCUT2D eigenvalue weighted by Crippen LogP contribution is -2.30. The molecule has 0 aliphatic heterocycles. The topological polar surface area (TPSA) is 15.3 Å². The van der Waals surface area contributed by atoms with E-state index in [1.807, 2.05) is 0 Å². The summed E-state index contributed by atoms with van der Waals surface area (Å²) in [6, 6.07) is 7.38. The van der Waals surface area contributed by atoms with Crippen LogP contribution in [-0.4, -0.2) is 19.6 Å². The van der Waals surface area contributed by atoms with Crippen molar-refractivity contribution in [2.45, 2.75) is 51.6 Å². The minimum absolute atomic E-state index is 0.722. The van der Waals surface area contributed by atoms with Gasteiger partial charge in [0.25, 0.3) is 0 Å². The summed E-state index contributed by atoms with van der Waals surface area (Å²) in [7, 11) is 2.25. The van der Waals surface area contributed by atoms with Crippen LogP contribution in [0.15, 0.2) is 22.7 Å². The van der Waals surface area contributed by atoms with Gasteiger partial charge in [0.2, 0.25) is 0 Å². The number of benzene rings is 1. The Balaban J connectivity index is 2.13. The number of hydrogen-bond acceptors (Lipinski definition) is 2. The van der Waals surface area contributed by atoms with Crippen molar-refractivity contribution in [3.63, 3.8) is 0 Å². The molecule has 1 aromatic carbocycles. The van der Waals surface area contributed by atoms with Crippen molar-refractivity contribution >= 4 is 21.6 Å². The third-order valence-electron chi connectivity index (χ3n) is 4.04. The van der Waals surface area contributed by atoms with Gasteiger partial charge in [0.1, 0.15) is 0 Å². The largest absolute Gasteiger partial charge is 0.371 e. The Kier molecular flexibility index (Phi) is 5.71. The molecule has 1 aliphatic carbocycles. The van der Waals surface area contributed by atoms with Crippen LogP contribution in [0.25, 0.3) is 0 Å². The number of hydrogen-bond donors (Lipinski definition) is 1. The van der Waals surface area contributed by atoms with Crippen molar-refractivity contribution in [1.82, 2.24) is 5.32 Å². The molecule has 0 atom stereocenters. The fourth-order valence-electron chi connectivity index (χ4n) is 2.90. The van der Waals surface area contributed by atoms with Crippen molar-refractivity contribution in [1.29, 1.82) is 0 Å². The highest BCUT2D eigenvalue weighted by Crippen LogP contribution is 2.31. The monoisotopic (exact) mass is 324 g/mol. The number of nitrogens with zero attached hydrogens (tertiary/aromatic N) is 1. The normalized spacial score (nSPS) is 15.9. The first-order valence-corrected chi connectivity index (χ1v) is 8.23. The molecule has 0 heterocycles. The van der Waals surface area contributed by atoms with Gasteiger partial charge in [0.15, 0.2) is 0 Å². The second-order valence-corrected chi connectivity index (χ2v) is 6.41. The molecule has 3 heteroatoms. The first-order chi connectivity index (χ1) is 9.22. The quantitative estimate of drug-likeness (QED) is 0.783. The highest BCUT2D eigenvalue weighted by atomic mass is 79.9. The summed E-state index contributed by atoms with van der Waals surface area (Å²) in [4.78, 5) is 2.49. The van der Waals surface area contributed by atoms with Crippen LogP contribution in [0.1, 0.15) is 44.6 Å². The van der Waals surface area contributed by atoms with Gasteiger partial charge in [0, 0.05) is 29.8 Å². The van der Waals surface area contributed by atoms with Crippen LogP contribution in [0.2, 0.25) is 0 Å². The summed E-state index contributed by atoms with van der Waals surface area (Å²) >= 11 is 3.61. The highest BCUT2D eigenvalue weighted by molar-refractivity contribution is 9.10. The fraction of sp³-hybridized carbons (Fsp3) is 0.625. The van der Waals surface area contributed by atoms with E-state index in [1.54, 1.807) is 0 Å². The third kappa shape index (κ3) is 3.96. The Labute approximate surface area is 125 Å². The van der Waals surface area contributed by atoms with Crippen LogP contribution < -0.4 is 10.2 Å². The molecule has 0 unspecified atom stereocenters. The maximum atomic E-state index is 3.61. The van der Waals surface area contributed by atoms with Gasteiger partial charge in [-0.3, -0.25) is 0 Å². The molecule has 1 aliphatic rings. The maximum absolute atomic E-state index is 3.61. The molecule has 0 aromatic heterocycles. The number of nitrogens with one attached hydrogen (secondary N) is 1. The third-order valence-corrected chi connectivity index (χ3v) is 4.54. The summed E-state index contributed by atoms with van der Waals surface area (Å²) in [5.41, 5.74) is 2.79. The van der Waals surface area contributed by atoms with E-state index in [9.17, 15) is 0 Å². The number of anilines is 1. The maximum Gasteiger partial charge on any atom is 0.0423 e. The smallest absolute Gasteiger partial charge is 0.0423 e. The van der Waals surface area contributed by atoms with Gasteiger partial charge in [-0.1, -0.05) is 41.8 Å². The highest BCUT2D eigenvalue weighted by Gasteiger charge is 2.21. The molecule has 0 radical (unpaired) electrons. The predicted octanol–water partition coefficient (Wildman–Crippen LogP) is 4.33. The van der Waals surface area contributed by atoms with Crippen molar-refractivity contribution in [3.05, 3.63) is 28.2 Å². The molecule has 0 saturated heterocycles. The summed E-state index contributed by atoms with van der Waals surface area (Å²) in [5.74, 6) is 0. The molecule has 0 amide bonds. The van der Waals surface area contributed by atoms with Crippen LogP contribution in [0, 0.1) is 0 Å². The minimum Gasteiger partial charge on any atom is -0.371 e. The Bertz CT molecular complexity index is 400. The van der Waals surface area contributed by atoms with E-state index in [1.165, 1.54) is 47.8 Å². The Hall–Kier alpha value is -0.540. The van der Waals surface area contributed by atoms with Gasteiger partial charge < -0.3 is 10.2 Å². The van der Waals surface area contributed by atoms with Crippen molar-refractivity contribution < 1.29 is 0 Å². The molecule has 106 valence electrons. The average molecular weight is 325 g/mol. The lowest BCUT2D eigenvalue weighted by Gasteiger charge is -2.29. The minimum atomic E-state index is 0.722. The van der Waals surface area contributed by atoms with Crippen molar-refractivity contribution in [2.75, 3.05) is 18.5 Å². The molecule has 1 N–H and O–H groups in total. The zero-order valence-corrected chi connectivity index (χ0v) is 13.7. The van der Waals surface area contributed by atoms with Crippen LogP contribution in [0.3, 0.4) is 0 Å². The second kappa shape index (κ2) is 7.30. The van der Waals surface area contributed by atoms with Gasteiger partial charge >= 0.3 is 0 Å². The Morgan fingerprint density at radius 1 is 1.32 bits per heavy atom. The van der Waals surface area contributed by atoms with Crippen molar-refractivity contribution in [3.8, 4) is 0 Å². The molecular weight excluding hydrogens is 300 g/mol. The number of halogens is 1. The zero-order chi connectivity index (χ0) is 13.7. The molecule has 1 fully saturated rings. The molecule has 1 saturated carbocycles. The summed E-state index contributed by atoms with van der Waals surface area (Å²) in [5, 5.41) is 3.51.